The van der Waals surface area contributed by atoms with Gasteiger partial charge in [0, 0.05) is 40.7 Å². The molecule has 23 heavy (non-hydrogen) atoms. The van der Waals surface area contributed by atoms with Crippen molar-refractivity contribution in [2.45, 2.75) is 31.2 Å². The van der Waals surface area contributed by atoms with Crippen LogP contribution in [-0.2, 0) is 4.79 Å². The molecule has 0 spiro atoms. The number of benzene rings is 1. The first-order valence-electron chi connectivity index (χ1n) is 8.42. The third-order valence-electron chi connectivity index (χ3n) is 4.93. The minimum atomic E-state index is 0.163. The molecule has 1 saturated heterocycles. The van der Waals surface area contributed by atoms with Crippen molar-refractivity contribution >= 4 is 17.2 Å². The quantitative estimate of drug-likeness (QED) is 0.939. The van der Waals surface area contributed by atoms with Crippen molar-refractivity contribution in [2.24, 2.45) is 11.7 Å². The van der Waals surface area contributed by atoms with E-state index in [4.69, 9.17) is 5.73 Å². The molecule has 3 atom stereocenters. The molecule has 2 N–H and O–H groups in total. The van der Waals surface area contributed by atoms with Crippen LogP contribution in [0.15, 0.2) is 42.5 Å². The molecule has 1 aliphatic heterocycles. The first kappa shape index (κ1) is 14.9. The third kappa shape index (κ3) is 3.06. The number of hydrogen-bond acceptors (Lipinski definition) is 3. The first-order chi connectivity index (χ1) is 11.2. The van der Waals surface area contributed by atoms with Crippen LogP contribution in [0.2, 0.25) is 0 Å². The zero-order valence-electron chi connectivity index (χ0n) is 13.2. The van der Waals surface area contributed by atoms with Crippen LogP contribution in [-0.4, -0.2) is 29.9 Å². The number of carbonyl (C=O) groups excluding carboxylic acids is 1. The molecule has 120 valence electrons. The smallest absolute Gasteiger partial charge is 0.226 e. The van der Waals surface area contributed by atoms with Gasteiger partial charge in [0.25, 0.3) is 0 Å². The summed E-state index contributed by atoms with van der Waals surface area (Å²) in [6.45, 7) is 1.62. The van der Waals surface area contributed by atoms with Crippen LogP contribution >= 0.6 is 11.3 Å². The van der Waals surface area contributed by atoms with Crippen LogP contribution in [0.25, 0.3) is 10.4 Å². The molecule has 1 aromatic carbocycles. The van der Waals surface area contributed by atoms with Crippen LogP contribution in [0.1, 0.15) is 30.1 Å². The highest BCUT2D eigenvalue weighted by Crippen LogP contribution is 2.51. The Hall–Kier alpha value is -1.65. The molecule has 4 heteroatoms. The van der Waals surface area contributed by atoms with Crippen LogP contribution in [0.3, 0.4) is 0 Å². The number of nitrogens with two attached hydrogens (primary N) is 1. The molecule has 1 amide bonds. The number of thiophene rings is 1. The van der Waals surface area contributed by atoms with Crippen LogP contribution in [0.5, 0.6) is 0 Å². The fourth-order valence-corrected chi connectivity index (χ4v) is 4.73. The SMILES string of the molecule is NC1CCCN(C(=O)C2CC2c2ccc(-c3ccccc3)s2)C1. The topological polar surface area (TPSA) is 46.3 Å². The van der Waals surface area contributed by atoms with E-state index in [0.29, 0.717) is 11.8 Å². The number of rotatable bonds is 3. The fraction of sp³-hybridized carbons (Fsp3) is 0.421. The zero-order chi connectivity index (χ0) is 15.8. The van der Waals surface area contributed by atoms with E-state index in [1.807, 2.05) is 22.3 Å². The monoisotopic (exact) mass is 326 g/mol. The van der Waals surface area contributed by atoms with Crippen LogP contribution in [0.4, 0.5) is 0 Å². The predicted molar refractivity (Wildman–Crippen MR) is 94.4 cm³/mol. The molecule has 2 aliphatic rings. The van der Waals surface area contributed by atoms with Gasteiger partial charge >= 0.3 is 0 Å². The van der Waals surface area contributed by atoms with Crippen molar-refractivity contribution in [2.75, 3.05) is 13.1 Å². The van der Waals surface area contributed by atoms with Gasteiger partial charge in [-0.15, -0.1) is 11.3 Å². The van der Waals surface area contributed by atoms with Gasteiger partial charge in [-0.3, -0.25) is 4.79 Å². The largest absolute Gasteiger partial charge is 0.341 e. The minimum Gasteiger partial charge on any atom is -0.341 e. The molecule has 0 bridgehead atoms. The predicted octanol–water partition coefficient (Wildman–Crippen LogP) is 3.47. The maximum Gasteiger partial charge on any atom is 0.226 e. The lowest BCUT2D eigenvalue weighted by Crippen LogP contribution is -2.46. The average Bonchev–Trinajstić information content (AvgIpc) is 3.23. The highest BCUT2D eigenvalue weighted by Gasteiger charge is 2.46. The second kappa shape index (κ2) is 6.10. The van der Waals surface area contributed by atoms with Gasteiger partial charge in [-0.25, -0.2) is 0 Å². The lowest BCUT2D eigenvalue weighted by molar-refractivity contribution is -0.133. The summed E-state index contributed by atoms with van der Waals surface area (Å²) in [7, 11) is 0. The molecule has 2 fully saturated rings. The summed E-state index contributed by atoms with van der Waals surface area (Å²) in [5.74, 6) is 0.922. The standard InChI is InChI=1S/C19H22N2OS/c20-14-7-4-10-21(12-14)19(22)16-11-15(16)18-9-8-17(23-18)13-5-2-1-3-6-13/h1-3,5-6,8-9,14-16H,4,7,10-12,20H2. The molecule has 0 radical (unpaired) electrons. The Labute approximate surface area is 141 Å². The Morgan fingerprint density at radius 1 is 1.17 bits per heavy atom. The van der Waals surface area contributed by atoms with Crippen molar-refractivity contribution in [3.05, 3.63) is 47.3 Å². The molecule has 1 aliphatic carbocycles. The molecular weight excluding hydrogens is 304 g/mol. The number of piperidine rings is 1. The van der Waals surface area contributed by atoms with E-state index in [1.54, 1.807) is 0 Å². The maximum atomic E-state index is 12.6. The number of hydrogen-bond donors (Lipinski definition) is 1. The summed E-state index contributed by atoms with van der Waals surface area (Å²) in [4.78, 5) is 17.3. The van der Waals surface area contributed by atoms with Crippen molar-refractivity contribution in [3.8, 4) is 10.4 Å². The van der Waals surface area contributed by atoms with E-state index >= 15 is 0 Å². The lowest BCUT2D eigenvalue weighted by atomic mass is 10.1. The van der Waals surface area contributed by atoms with Gasteiger partial charge in [-0.1, -0.05) is 30.3 Å². The molecular formula is C19H22N2OS. The number of carbonyl (C=O) groups is 1. The van der Waals surface area contributed by atoms with E-state index in [0.717, 1.165) is 32.4 Å². The molecule has 1 saturated carbocycles. The van der Waals surface area contributed by atoms with Gasteiger partial charge in [0.2, 0.25) is 5.91 Å². The molecule has 4 rings (SSSR count). The normalized spacial score (nSPS) is 27.0. The zero-order valence-corrected chi connectivity index (χ0v) is 14.0. The first-order valence-corrected chi connectivity index (χ1v) is 9.23. The van der Waals surface area contributed by atoms with Gasteiger partial charge < -0.3 is 10.6 Å². The van der Waals surface area contributed by atoms with Gasteiger partial charge in [0.15, 0.2) is 0 Å². The van der Waals surface area contributed by atoms with Crippen molar-refractivity contribution < 1.29 is 4.79 Å². The van der Waals surface area contributed by atoms with E-state index in [1.165, 1.54) is 15.3 Å². The molecule has 3 unspecified atom stereocenters. The summed E-state index contributed by atoms with van der Waals surface area (Å²) in [6.07, 6.45) is 3.09. The van der Waals surface area contributed by atoms with E-state index in [-0.39, 0.29) is 12.0 Å². The minimum absolute atomic E-state index is 0.163. The summed E-state index contributed by atoms with van der Waals surface area (Å²) in [5.41, 5.74) is 7.26. The van der Waals surface area contributed by atoms with Crippen LogP contribution in [0, 0.1) is 5.92 Å². The Bertz CT molecular complexity index is 696. The van der Waals surface area contributed by atoms with Gasteiger partial charge in [0.05, 0.1) is 0 Å². The third-order valence-corrected chi connectivity index (χ3v) is 6.19. The van der Waals surface area contributed by atoms with E-state index in [2.05, 4.69) is 36.4 Å². The van der Waals surface area contributed by atoms with Gasteiger partial charge in [0.1, 0.15) is 0 Å². The Kier molecular flexibility index (Phi) is 3.95. The second-order valence-corrected chi connectivity index (χ2v) is 7.82. The molecule has 2 heterocycles. The Balaban J connectivity index is 1.43. The molecule has 3 nitrogen and oxygen atoms in total. The molecule has 1 aromatic heterocycles. The van der Waals surface area contributed by atoms with Gasteiger partial charge in [-0.2, -0.15) is 0 Å². The number of amides is 1. The summed E-state index contributed by atoms with van der Waals surface area (Å²) >= 11 is 1.83. The summed E-state index contributed by atoms with van der Waals surface area (Å²) < 4.78 is 0. The Morgan fingerprint density at radius 2 is 2.00 bits per heavy atom. The van der Waals surface area contributed by atoms with E-state index < -0.39 is 0 Å². The van der Waals surface area contributed by atoms with Crippen LogP contribution < -0.4 is 5.73 Å². The fourth-order valence-electron chi connectivity index (χ4n) is 3.54. The van der Waals surface area contributed by atoms with E-state index in [9.17, 15) is 4.79 Å². The summed E-state index contributed by atoms with van der Waals surface area (Å²) in [5, 5.41) is 0. The van der Waals surface area contributed by atoms with Crippen molar-refractivity contribution in [3.63, 3.8) is 0 Å². The molecule has 2 aromatic rings. The van der Waals surface area contributed by atoms with Gasteiger partial charge in [-0.05, 0) is 37.0 Å². The van der Waals surface area contributed by atoms with Crippen molar-refractivity contribution in [1.29, 1.82) is 0 Å². The highest BCUT2D eigenvalue weighted by molar-refractivity contribution is 7.15. The highest BCUT2D eigenvalue weighted by atomic mass is 32.1. The second-order valence-electron chi connectivity index (χ2n) is 6.70. The number of nitrogens with zero attached hydrogens (tertiary/aromatic N) is 1. The Morgan fingerprint density at radius 3 is 2.78 bits per heavy atom. The number of likely N-dealkylation sites (tertiary alicyclic amines) is 1. The average molecular weight is 326 g/mol. The van der Waals surface area contributed by atoms with Crippen molar-refractivity contribution in [1.82, 2.24) is 4.90 Å². The lowest BCUT2D eigenvalue weighted by Gasteiger charge is -2.31. The maximum absolute atomic E-state index is 12.6. The summed E-state index contributed by atoms with van der Waals surface area (Å²) in [6, 6.07) is 15.0.